The molecular weight excluding hydrogens is 302 g/mol. The van der Waals surface area contributed by atoms with Gasteiger partial charge in [-0.25, -0.2) is 0 Å². The highest BCUT2D eigenvalue weighted by molar-refractivity contribution is 9.10. The number of halogens is 5. The van der Waals surface area contributed by atoms with Gasteiger partial charge in [-0.2, -0.15) is 13.2 Å². The lowest BCUT2D eigenvalue weighted by atomic mass is 10.2. The Morgan fingerprint density at radius 2 is 1.93 bits per heavy atom. The largest absolute Gasteiger partial charge is 0.418 e. The monoisotopic (exact) mass is 303 g/mol. The number of nitro benzene ring substituents is 1. The molecule has 0 spiro atoms. The smallest absolute Gasteiger partial charge is 0.258 e. The molecule has 0 aliphatic carbocycles. The van der Waals surface area contributed by atoms with Crippen molar-refractivity contribution in [1.29, 1.82) is 0 Å². The van der Waals surface area contributed by atoms with Crippen molar-refractivity contribution in [2.45, 2.75) is 6.18 Å². The van der Waals surface area contributed by atoms with Crippen LogP contribution in [0.25, 0.3) is 0 Å². The average molecular weight is 304 g/mol. The Balaban J connectivity index is 3.45. The van der Waals surface area contributed by atoms with Crippen LogP contribution in [0.4, 0.5) is 18.9 Å². The first kappa shape index (κ1) is 12.3. The number of hydrogen-bond donors (Lipinski definition) is 0. The molecule has 0 fully saturated rings. The second-order valence-corrected chi connectivity index (χ2v) is 3.78. The molecule has 0 amide bonds. The fourth-order valence-corrected chi connectivity index (χ4v) is 1.55. The minimum absolute atomic E-state index is 0.161. The minimum Gasteiger partial charge on any atom is -0.258 e. The Morgan fingerprint density at radius 3 is 2.33 bits per heavy atom. The molecule has 3 nitrogen and oxygen atoms in total. The number of benzene rings is 1. The molecule has 0 aliphatic rings. The summed E-state index contributed by atoms with van der Waals surface area (Å²) in [6.07, 6.45) is -4.72. The van der Waals surface area contributed by atoms with Gasteiger partial charge in [0.2, 0.25) is 0 Å². The fourth-order valence-electron chi connectivity index (χ4n) is 0.886. The Hall–Kier alpha value is -0.820. The summed E-state index contributed by atoms with van der Waals surface area (Å²) in [6.45, 7) is 0. The van der Waals surface area contributed by atoms with Gasteiger partial charge in [0.15, 0.2) is 0 Å². The van der Waals surface area contributed by atoms with Crippen LogP contribution in [0.3, 0.4) is 0 Å². The van der Waals surface area contributed by atoms with E-state index in [-0.39, 0.29) is 4.47 Å². The zero-order chi connectivity index (χ0) is 11.8. The van der Waals surface area contributed by atoms with Crippen molar-refractivity contribution in [2.75, 3.05) is 0 Å². The molecule has 0 bridgehead atoms. The predicted molar refractivity (Wildman–Crippen MR) is 50.8 cm³/mol. The zero-order valence-electron chi connectivity index (χ0n) is 6.81. The summed E-state index contributed by atoms with van der Waals surface area (Å²) in [6, 6.07) is 1.31. The number of nitrogens with zero attached hydrogens (tertiary/aromatic N) is 1. The molecule has 82 valence electrons. The van der Waals surface area contributed by atoms with Crippen LogP contribution in [0.5, 0.6) is 0 Å². The molecule has 0 radical (unpaired) electrons. The summed E-state index contributed by atoms with van der Waals surface area (Å²) in [5, 5.41) is 9.73. The average Bonchev–Trinajstić information content (AvgIpc) is 2.06. The Kier molecular flexibility index (Phi) is 3.25. The van der Waals surface area contributed by atoms with E-state index >= 15 is 0 Å². The van der Waals surface area contributed by atoms with E-state index in [2.05, 4.69) is 15.9 Å². The van der Waals surface area contributed by atoms with Crippen LogP contribution in [0.1, 0.15) is 5.56 Å². The third-order valence-corrected chi connectivity index (χ3v) is 2.79. The van der Waals surface area contributed by atoms with Gasteiger partial charge in [-0.15, -0.1) is 0 Å². The van der Waals surface area contributed by atoms with Crippen molar-refractivity contribution in [2.24, 2.45) is 0 Å². The lowest BCUT2D eigenvalue weighted by Crippen LogP contribution is -2.07. The van der Waals surface area contributed by atoms with Crippen molar-refractivity contribution in [3.8, 4) is 0 Å². The standard InChI is InChI=1S/C7H2BrClF3NO2/c8-5-2-3(13(14)15)1-4(6(5)9)7(10,11)12/h1-2H. The molecule has 8 heteroatoms. The summed E-state index contributed by atoms with van der Waals surface area (Å²) in [5.74, 6) is 0. The molecule has 0 heterocycles. The number of alkyl halides is 3. The normalized spacial score (nSPS) is 11.5. The van der Waals surface area contributed by atoms with Gasteiger partial charge in [-0.1, -0.05) is 11.6 Å². The van der Waals surface area contributed by atoms with Gasteiger partial charge in [0.25, 0.3) is 5.69 Å². The summed E-state index contributed by atoms with van der Waals surface area (Å²) in [5.41, 5.74) is -1.90. The molecular formula is C7H2BrClF3NO2. The van der Waals surface area contributed by atoms with E-state index in [1.807, 2.05) is 0 Å². The molecule has 1 aromatic carbocycles. The van der Waals surface area contributed by atoms with Gasteiger partial charge in [0.1, 0.15) is 0 Å². The van der Waals surface area contributed by atoms with Crippen molar-refractivity contribution in [3.63, 3.8) is 0 Å². The maximum absolute atomic E-state index is 12.3. The van der Waals surface area contributed by atoms with Crippen LogP contribution in [-0.2, 0) is 6.18 Å². The van der Waals surface area contributed by atoms with Crippen LogP contribution in [0.2, 0.25) is 5.02 Å². The molecule has 0 saturated carbocycles. The molecule has 15 heavy (non-hydrogen) atoms. The first-order valence-corrected chi connectivity index (χ1v) is 4.61. The van der Waals surface area contributed by atoms with E-state index < -0.39 is 27.4 Å². The van der Waals surface area contributed by atoms with Gasteiger partial charge in [0.05, 0.1) is 15.5 Å². The van der Waals surface area contributed by atoms with Crippen LogP contribution < -0.4 is 0 Å². The number of nitro groups is 1. The Bertz CT molecular complexity index is 421. The number of hydrogen-bond acceptors (Lipinski definition) is 2. The van der Waals surface area contributed by atoms with Crippen LogP contribution >= 0.6 is 27.5 Å². The summed E-state index contributed by atoms with van der Waals surface area (Å²) >= 11 is 8.09. The first-order valence-electron chi connectivity index (χ1n) is 3.44. The Morgan fingerprint density at radius 1 is 1.40 bits per heavy atom. The van der Waals surface area contributed by atoms with E-state index in [9.17, 15) is 23.3 Å². The SMILES string of the molecule is O=[N+]([O-])c1cc(Br)c(Cl)c(C(F)(F)F)c1. The highest BCUT2D eigenvalue weighted by Crippen LogP contribution is 2.40. The van der Waals surface area contributed by atoms with E-state index in [0.29, 0.717) is 6.07 Å². The molecule has 0 N–H and O–H groups in total. The van der Waals surface area contributed by atoms with Gasteiger partial charge >= 0.3 is 6.18 Å². The third kappa shape index (κ3) is 2.60. The van der Waals surface area contributed by atoms with E-state index in [4.69, 9.17) is 11.6 Å². The highest BCUT2D eigenvalue weighted by Gasteiger charge is 2.35. The van der Waals surface area contributed by atoms with Crippen LogP contribution in [0.15, 0.2) is 16.6 Å². The van der Waals surface area contributed by atoms with Gasteiger partial charge in [-0.05, 0) is 15.9 Å². The van der Waals surface area contributed by atoms with Crippen molar-refractivity contribution >= 4 is 33.2 Å². The van der Waals surface area contributed by atoms with Crippen LogP contribution in [-0.4, -0.2) is 4.92 Å². The lowest BCUT2D eigenvalue weighted by Gasteiger charge is -2.09. The number of rotatable bonds is 1. The molecule has 0 unspecified atom stereocenters. The van der Waals surface area contributed by atoms with E-state index in [1.165, 1.54) is 0 Å². The van der Waals surface area contributed by atoms with Crippen molar-refractivity contribution in [1.82, 2.24) is 0 Å². The van der Waals surface area contributed by atoms with Gasteiger partial charge in [0, 0.05) is 16.6 Å². The van der Waals surface area contributed by atoms with Gasteiger partial charge in [-0.3, -0.25) is 10.1 Å². The topological polar surface area (TPSA) is 43.1 Å². The van der Waals surface area contributed by atoms with Gasteiger partial charge < -0.3 is 0 Å². The summed E-state index contributed by atoms with van der Waals surface area (Å²) in [7, 11) is 0. The highest BCUT2D eigenvalue weighted by atomic mass is 79.9. The second-order valence-electron chi connectivity index (χ2n) is 2.54. The third-order valence-electron chi connectivity index (χ3n) is 1.53. The molecule has 0 saturated heterocycles. The molecule has 1 rings (SSSR count). The molecule has 0 aromatic heterocycles. The quantitative estimate of drug-likeness (QED) is 0.581. The summed E-state index contributed by atoms with van der Waals surface area (Å²) in [4.78, 5) is 9.40. The zero-order valence-corrected chi connectivity index (χ0v) is 9.15. The maximum atomic E-state index is 12.3. The molecule has 1 aromatic rings. The Labute approximate surface area is 95.1 Å². The lowest BCUT2D eigenvalue weighted by molar-refractivity contribution is -0.385. The van der Waals surface area contributed by atoms with Crippen molar-refractivity contribution < 1.29 is 18.1 Å². The summed E-state index contributed by atoms with van der Waals surface area (Å²) < 4.78 is 36.9. The second kappa shape index (κ2) is 3.97. The van der Waals surface area contributed by atoms with Crippen LogP contribution in [0, 0.1) is 10.1 Å². The first-order chi connectivity index (χ1) is 6.73. The fraction of sp³-hybridized carbons (Fsp3) is 0.143. The maximum Gasteiger partial charge on any atom is 0.418 e. The number of non-ortho nitro benzene ring substituents is 1. The van der Waals surface area contributed by atoms with E-state index in [1.54, 1.807) is 0 Å². The molecule has 0 aliphatic heterocycles. The molecule has 0 atom stereocenters. The van der Waals surface area contributed by atoms with E-state index in [0.717, 1.165) is 6.07 Å². The predicted octanol–water partition coefficient (Wildman–Crippen LogP) is 4.03. The minimum atomic E-state index is -4.72. The van der Waals surface area contributed by atoms with Crippen molar-refractivity contribution in [3.05, 3.63) is 37.3 Å².